The quantitative estimate of drug-likeness (QED) is 0.0344. The van der Waals surface area contributed by atoms with E-state index in [1.807, 2.05) is 0 Å². The Morgan fingerprint density at radius 2 is 0.524 bits per heavy atom. The highest BCUT2D eigenvalue weighted by Crippen LogP contribution is 2.18. The van der Waals surface area contributed by atoms with Crippen molar-refractivity contribution in [3.05, 3.63) is 0 Å². The maximum atomic E-state index is 12.8. The molecule has 1 atom stereocenters. The summed E-state index contributed by atoms with van der Waals surface area (Å²) in [4.78, 5) is 38.0. The first kappa shape index (κ1) is 61.4. The minimum absolute atomic E-state index is 0.0628. The van der Waals surface area contributed by atoms with Crippen molar-refractivity contribution in [2.24, 2.45) is 11.8 Å². The zero-order valence-electron chi connectivity index (χ0n) is 43.2. The molecule has 0 N–H and O–H groups in total. The Bertz CT molecular complexity index is 962. The summed E-state index contributed by atoms with van der Waals surface area (Å²) in [6.07, 6.45) is 52.4. The molecule has 0 aromatic rings. The van der Waals surface area contributed by atoms with Crippen molar-refractivity contribution in [2.75, 3.05) is 13.2 Å². The molecule has 0 radical (unpaired) electrons. The molecule has 0 rings (SSSR count). The van der Waals surface area contributed by atoms with Gasteiger partial charge in [0.25, 0.3) is 0 Å². The van der Waals surface area contributed by atoms with Gasteiger partial charge in [-0.2, -0.15) is 0 Å². The Hall–Kier alpha value is -1.59. The van der Waals surface area contributed by atoms with Crippen molar-refractivity contribution in [3.8, 4) is 0 Å². The lowest BCUT2D eigenvalue weighted by Crippen LogP contribution is -2.30. The van der Waals surface area contributed by atoms with Gasteiger partial charge in [0.1, 0.15) is 13.2 Å². The number of hydrogen-bond acceptors (Lipinski definition) is 6. The average molecular weight is 892 g/mol. The van der Waals surface area contributed by atoms with Crippen LogP contribution in [0.15, 0.2) is 0 Å². The average Bonchev–Trinajstić information content (AvgIpc) is 3.25. The normalized spacial score (nSPS) is 12.0. The molecule has 0 spiro atoms. The maximum Gasteiger partial charge on any atom is 0.306 e. The molecule has 63 heavy (non-hydrogen) atoms. The Kier molecular flexibility index (Phi) is 48.6. The summed E-state index contributed by atoms with van der Waals surface area (Å²) >= 11 is 0. The number of ether oxygens (including phenoxy) is 3. The van der Waals surface area contributed by atoms with Crippen molar-refractivity contribution in [1.82, 2.24) is 0 Å². The van der Waals surface area contributed by atoms with Gasteiger partial charge >= 0.3 is 17.9 Å². The second-order valence-corrected chi connectivity index (χ2v) is 20.5. The molecule has 0 aliphatic carbocycles. The highest BCUT2D eigenvalue weighted by molar-refractivity contribution is 5.71. The van der Waals surface area contributed by atoms with Crippen LogP contribution in [-0.4, -0.2) is 37.2 Å². The third-order valence-electron chi connectivity index (χ3n) is 13.0. The SMILES string of the molecule is CCCCCCCCCCCCC(=O)OC[C@H](COC(=O)CCCCCCCCCCCCCCCCCC(C)C)OC(=O)CCCCCCCCCCCCCCCCC(C)C. The first-order chi connectivity index (χ1) is 30.7. The van der Waals surface area contributed by atoms with Gasteiger partial charge in [-0.15, -0.1) is 0 Å². The van der Waals surface area contributed by atoms with Crippen LogP contribution in [-0.2, 0) is 28.6 Å². The summed E-state index contributed by atoms with van der Waals surface area (Å²) in [5.74, 6) is 0.850. The van der Waals surface area contributed by atoms with Gasteiger partial charge in [0.15, 0.2) is 6.10 Å². The Morgan fingerprint density at radius 3 is 0.778 bits per heavy atom. The largest absolute Gasteiger partial charge is 0.462 e. The molecule has 0 saturated heterocycles. The molecule has 0 saturated carbocycles. The lowest BCUT2D eigenvalue weighted by atomic mass is 10.0. The predicted octanol–water partition coefficient (Wildman–Crippen LogP) is 18.5. The van der Waals surface area contributed by atoms with E-state index in [4.69, 9.17) is 14.2 Å². The van der Waals surface area contributed by atoms with Crippen LogP contribution in [0.1, 0.15) is 317 Å². The van der Waals surface area contributed by atoms with Crippen molar-refractivity contribution in [1.29, 1.82) is 0 Å². The number of esters is 3. The Balaban J connectivity index is 4.25. The Labute approximate surface area is 393 Å². The highest BCUT2D eigenvalue weighted by Gasteiger charge is 2.19. The number of carbonyl (C=O) groups excluding carboxylic acids is 3. The standard InChI is InChI=1S/C57H110O6/c1-6-7-8-9-10-11-27-32-37-42-47-55(58)61-50-54(63-57(60)49-44-39-34-29-24-20-16-15-18-22-26-31-36-41-46-53(4)5)51-62-56(59)48-43-38-33-28-23-19-14-12-13-17-21-25-30-35-40-45-52(2)3/h52-54H,6-51H2,1-5H3/t54-/m1/s1. The summed E-state index contributed by atoms with van der Waals surface area (Å²) in [5.41, 5.74) is 0. The van der Waals surface area contributed by atoms with Crippen LogP contribution < -0.4 is 0 Å². The maximum absolute atomic E-state index is 12.8. The summed E-state index contributed by atoms with van der Waals surface area (Å²) in [5, 5.41) is 0. The molecule has 6 nitrogen and oxygen atoms in total. The summed E-state index contributed by atoms with van der Waals surface area (Å²) in [7, 11) is 0. The lowest BCUT2D eigenvalue weighted by molar-refractivity contribution is -0.167. The van der Waals surface area contributed by atoms with E-state index >= 15 is 0 Å². The fourth-order valence-electron chi connectivity index (χ4n) is 8.70. The molecule has 0 unspecified atom stereocenters. The summed E-state index contributed by atoms with van der Waals surface area (Å²) < 4.78 is 16.9. The number of rotatable bonds is 51. The van der Waals surface area contributed by atoms with E-state index in [0.29, 0.717) is 19.3 Å². The fourth-order valence-corrected chi connectivity index (χ4v) is 8.70. The number of hydrogen-bond donors (Lipinski definition) is 0. The lowest BCUT2D eigenvalue weighted by Gasteiger charge is -2.18. The minimum Gasteiger partial charge on any atom is -0.462 e. The number of unbranched alkanes of at least 4 members (excludes halogenated alkanes) is 36. The van der Waals surface area contributed by atoms with Crippen LogP contribution in [0.5, 0.6) is 0 Å². The van der Waals surface area contributed by atoms with Crippen LogP contribution >= 0.6 is 0 Å². The molecular formula is C57H110O6. The van der Waals surface area contributed by atoms with Gasteiger partial charge in [-0.05, 0) is 31.1 Å². The van der Waals surface area contributed by atoms with Crippen molar-refractivity contribution < 1.29 is 28.6 Å². The topological polar surface area (TPSA) is 78.9 Å². The third kappa shape index (κ3) is 51.3. The first-order valence-electron chi connectivity index (χ1n) is 28.2. The predicted molar refractivity (Wildman–Crippen MR) is 270 cm³/mol. The van der Waals surface area contributed by atoms with Crippen molar-refractivity contribution in [3.63, 3.8) is 0 Å². The van der Waals surface area contributed by atoms with E-state index in [1.165, 1.54) is 205 Å². The number of carbonyl (C=O) groups is 3. The highest BCUT2D eigenvalue weighted by atomic mass is 16.6. The summed E-state index contributed by atoms with van der Waals surface area (Å²) in [6.45, 7) is 11.4. The molecule has 0 bridgehead atoms. The first-order valence-corrected chi connectivity index (χ1v) is 28.2. The van der Waals surface area contributed by atoms with E-state index < -0.39 is 6.10 Å². The van der Waals surface area contributed by atoms with Crippen LogP contribution in [0.3, 0.4) is 0 Å². The Morgan fingerprint density at radius 1 is 0.302 bits per heavy atom. The third-order valence-corrected chi connectivity index (χ3v) is 13.0. The molecule has 0 amide bonds. The van der Waals surface area contributed by atoms with E-state index in [-0.39, 0.29) is 31.1 Å². The second kappa shape index (κ2) is 49.8. The van der Waals surface area contributed by atoms with E-state index in [2.05, 4.69) is 34.6 Å². The van der Waals surface area contributed by atoms with Crippen LogP contribution in [0.2, 0.25) is 0 Å². The van der Waals surface area contributed by atoms with Crippen LogP contribution in [0, 0.1) is 11.8 Å². The van der Waals surface area contributed by atoms with E-state index in [9.17, 15) is 14.4 Å². The van der Waals surface area contributed by atoms with Crippen LogP contribution in [0.4, 0.5) is 0 Å². The molecular weight excluding hydrogens is 781 g/mol. The van der Waals surface area contributed by atoms with E-state index in [1.54, 1.807) is 0 Å². The zero-order chi connectivity index (χ0) is 46.1. The van der Waals surface area contributed by atoms with Crippen LogP contribution in [0.25, 0.3) is 0 Å². The van der Waals surface area contributed by atoms with Gasteiger partial charge < -0.3 is 14.2 Å². The fraction of sp³-hybridized carbons (Fsp3) is 0.947. The van der Waals surface area contributed by atoms with Crippen molar-refractivity contribution in [2.45, 2.75) is 323 Å². The molecule has 0 fully saturated rings. The molecule has 6 heteroatoms. The smallest absolute Gasteiger partial charge is 0.306 e. The monoisotopic (exact) mass is 891 g/mol. The molecule has 0 aliphatic heterocycles. The minimum atomic E-state index is -0.762. The molecule has 0 aliphatic rings. The molecule has 0 heterocycles. The summed E-state index contributed by atoms with van der Waals surface area (Å²) in [6, 6.07) is 0. The molecule has 0 aromatic carbocycles. The van der Waals surface area contributed by atoms with Gasteiger partial charge in [-0.1, -0.05) is 279 Å². The van der Waals surface area contributed by atoms with Gasteiger partial charge in [-0.3, -0.25) is 14.4 Å². The van der Waals surface area contributed by atoms with E-state index in [0.717, 1.165) is 69.6 Å². The second-order valence-electron chi connectivity index (χ2n) is 20.5. The molecule has 374 valence electrons. The molecule has 0 aromatic heterocycles. The zero-order valence-corrected chi connectivity index (χ0v) is 43.2. The van der Waals surface area contributed by atoms with Gasteiger partial charge in [0.2, 0.25) is 0 Å². The van der Waals surface area contributed by atoms with Gasteiger partial charge in [0, 0.05) is 19.3 Å². The van der Waals surface area contributed by atoms with Gasteiger partial charge in [-0.25, -0.2) is 0 Å². The van der Waals surface area contributed by atoms with Crippen molar-refractivity contribution >= 4 is 17.9 Å². The van der Waals surface area contributed by atoms with Gasteiger partial charge in [0.05, 0.1) is 0 Å².